The molecule has 2 heteroatoms. The van der Waals surface area contributed by atoms with Crippen LogP contribution in [0.15, 0.2) is 66.7 Å². The fraction of sp³-hybridized carbons (Fsp3) is 0.308. The van der Waals surface area contributed by atoms with Gasteiger partial charge in [-0.2, -0.15) is 0 Å². The number of hydrogen-bond acceptors (Lipinski definition) is 1. The Morgan fingerprint density at radius 2 is 1.18 bits per heavy atom. The Bertz CT molecular complexity index is 928. The minimum atomic E-state index is 0.0586. The lowest BCUT2D eigenvalue weighted by atomic mass is 9.76. The van der Waals surface area contributed by atoms with Gasteiger partial charge in [-0.15, -0.1) is 0 Å². The second-order valence-corrected chi connectivity index (χ2v) is 9.60. The Kier molecular flexibility index (Phi) is 5.54. The zero-order valence-electron chi connectivity index (χ0n) is 17.9. The molecule has 1 nitrogen and oxygen atoms in total. The molecule has 143 valence electrons. The Morgan fingerprint density at radius 3 is 1.68 bits per heavy atom. The lowest BCUT2D eigenvalue weighted by molar-refractivity contribution is 0.569. The zero-order chi connectivity index (χ0) is 20.5. The number of benzene rings is 3. The van der Waals surface area contributed by atoms with Crippen molar-refractivity contribution in [2.24, 2.45) is 0 Å². The maximum Gasteiger partial charge on any atom is 0.327 e. The van der Waals surface area contributed by atoms with Crippen molar-refractivity contribution in [3.8, 4) is 22.3 Å². The van der Waals surface area contributed by atoms with Crippen LogP contribution in [-0.4, -0.2) is 12.5 Å². The van der Waals surface area contributed by atoms with Gasteiger partial charge in [0.05, 0.1) is 0 Å². The van der Waals surface area contributed by atoms with E-state index < -0.39 is 0 Å². The predicted octanol–water partition coefficient (Wildman–Crippen LogP) is 5.85. The van der Waals surface area contributed by atoms with Gasteiger partial charge in [0.25, 0.3) is 0 Å². The van der Waals surface area contributed by atoms with E-state index in [2.05, 4.69) is 90.1 Å². The second kappa shape index (κ2) is 7.60. The van der Waals surface area contributed by atoms with Gasteiger partial charge >= 0.3 is 7.48 Å². The van der Waals surface area contributed by atoms with Gasteiger partial charge in [-0.25, -0.2) is 0 Å². The van der Waals surface area contributed by atoms with E-state index in [0.717, 1.165) is 27.7 Å². The molecule has 3 aromatic rings. The van der Waals surface area contributed by atoms with Crippen LogP contribution >= 0.6 is 0 Å². The third-order valence-electron chi connectivity index (χ3n) is 5.27. The molecule has 0 unspecified atom stereocenters. The molecule has 3 aromatic carbocycles. The summed E-state index contributed by atoms with van der Waals surface area (Å²) in [4.78, 5) is 0. The summed E-state index contributed by atoms with van der Waals surface area (Å²) in [6.45, 7) is 13.5. The summed E-state index contributed by atoms with van der Waals surface area (Å²) in [5.41, 5.74) is 8.04. The standard InChI is InChI=1S/C26H30BO/c1-25(2,3)21-14-20(15-22(17-21)26(4,5)6)23-13-12-19(16-24(23)27-28)18-10-8-7-9-11-18/h7-17,28H,1-6H3. The molecule has 0 aliphatic heterocycles. The van der Waals surface area contributed by atoms with Crippen molar-refractivity contribution >= 4 is 12.9 Å². The summed E-state index contributed by atoms with van der Waals surface area (Å²) in [5.74, 6) is 0. The van der Waals surface area contributed by atoms with Crippen LogP contribution < -0.4 is 5.46 Å². The summed E-state index contributed by atoms with van der Waals surface area (Å²) in [6.07, 6.45) is 0. The van der Waals surface area contributed by atoms with Crippen LogP contribution in [-0.2, 0) is 10.8 Å². The van der Waals surface area contributed by atoms with Crippen LogP contribution in [0, 0.1) is 0 Å². The van der Waals surface area contributed by atoms with Gasteiger partial charge in [-0.05, 0) is 49.7 Å². The molecule has 1 N–H and O–H groups in total. The Morgan fingerprint density at radius 1 is 0.607 bits per heavy atom. The van der Waals surface area contributed by atoms with Crippen molar-refractivity contribution in [3.63, 3.8) is 0 Å². The number of rotatable bonds is 3. The molecule has 0 fully saturated rings. The van der Waals surface area contributed by atoms with E-state index in [9.17, 15) is 5.02 Å². The maximum atomic E-state index is 9.98. The fourth-order valence-electron chi connectivity index (χ4n) is 3.39. The first kappa shape index (κ1) is 20.4. The van der Waals surface area contributed by atoms with Gasteiger partial charge < -0.3 is 5.02 Å². The minimum absolute atomic E-state index is 0.0586. The zero-order valence-corrected chi connectivity index (χ0v) is 17.9. The van der Waals surface area contributed by atoms with Gasteiger partial charge in [0.2, 0.25) is 0 Å². The molecule has 28 heavy (non-hydrogen) atoms. The Balaban J connectivity index is 2.17. The van der Waals surface area contributed by atoms with Crippen LogP contribution in [0.25, 0.3) is 22.3 Å². The average molecular weight is 369 g/mol. The van der Waals surface area contributed by atoms with Crippen molar-refractivity contribution in [2.75, 3.05) is 0 Å². The van der Waals surface area contributed by atoms with Crippen LogP contribution in [0.4, 0.5) is 0 Å². The van der Waals surface area contributed by atoms with Gasteiger partial charge in [-0.3, -0.25) is 0 Å². The topological polar surface area (TPSA) is 20.2 Å². The van der Waals surface area contributed by atoms with Gasteiger partial charge in [0, 0.05) is 0 Å². The lowest BCUT2D eigenvalue weighted by Crippen LogP contribution is -2.19. The van der Waals surface area contributed by atoms with E-state index in [1.54, 1.807) is 0 Å². The molecule has 0 spiro atoms. The highest BCUT2D eigenvalue weighted by Gasteiger charge is 2.21. The third-order valence-corrected chi connectivity index (χ3v) is 5.27. The van der Waals surface area contributed by atoms with Crippen LogP contribution in [0.2, 0.25) is 0 Å². The molecular formula is C26H30BO. The van der Waals surface area contributed by atoms with Crippen LogP contribution in [0.1, 0.15) is 52.7 Å². The van der Waals surface area contributed by atoms with Crippen molar-refractivity contribution in [2.45, 2.75) is 52.4 Å². The molecular weight excluding hydrogens is 339 g/mol. The summed E-state index contributed by atoms with van der Waals surface area (Å²) in [6, 6.07) is 23.4. The van der Waals surface area contributed by atoms with Gasteiger partial charge in [0.1, 0.15) is 0 Å². The monoisotopic (exact) mass is 369 g/mol. The van der Waals surface area contributed by atoms with E-state index in [1.165, 1.54) is 18.6 Å². The Labute approximate surface area is 170 Å². The molecule has 0 bridgehead atoms. The van der Waals surface area contributed by atoms with Gasteiger partial charge in [0.15, 0.2) is 0 Å². The average Bonchev–Trinajstić information content (AvgIpc) is 2.66. The summed E-state index contributed by atoms with van der Waals surface area (Å²) >= 11 is 0. The highest BCUT2D eigenvalue weighted by molar-refractivity contribution is 6.48. The molecule has 0 atom stereocenters. The van der Waals surface area contributed by atoms with Crippen LogP contribution in [0.5, 0.6) is 0 Å². The molecule has 0 aliphatic rings. The summed E-state index contributed by atoms with van der Waals surface area (Å²) in [5, 5.41) is 9.98. The SMILES string of the molecule is CC(C)(C)c1cc(-c2ccc(-c3ccccc3)cc2[B]O)cc(C(C)(C)C)c1. The quantitative estimate of drug-likeness (QED) is 0.574. The number of hydrogen-bond donors (Lipinski definition) is 1. The van der Waals surface area contributed by atoms with E-state index in [0.29, 0.717) is 0 Å². The first-order valence-corrected chi connectivity index (χ1v) is 9.93. The molecule has 0 aliphatic carbocycles. The minimum Gasteiger partial charge on any atom is -0.450 e. The van der Waals surface area contributed by atoms with Crippen molar-refractivity contribution in [1.82, 2.24) is 0 Å². The van der Waals surface area contributed by atoms with Crippen molar-refractivity contribution < 1.29 is 5.02 Å². The summed E-state index contributed by atoms with van der Waals surface area (Å²) in [7, 11) is 1.22. The Hall–Kier alpha value is -2.32. The highest BCUT2D eigenvalue weighted by Crippen LogP contribution is 2.34. The van der Waals surface area contributed by atoms with Crippen molar-refractivity contribution in [1.29, 1.82) is 0 Å². The molecule has 0 aromatic heterocycles. The van der Waals surface area contributed by atoms with Crippen molar-refractivity contribution in [3.05, 3.63) is 77.9 Å². The fourth-order valence-corrected chi connectivity index (χ4v) is 3.39. The summed E-state index contributed by atoms with van der Waals surface area (Å²) < 4.78 is 0. The van der Waals surface area contributed by atoms with Gasteiger partial charge in [-0.1, -0.05) is 108 Å². The molecule has 3 rings (SSSR count). The second-order valence-electron chi connectivity index (χ2n) is 9.60. The highest BCUT2D eigenvalue weighted by atomic mass is 16.2. The first-order valence-electron chi connectivity index (χ1n) is 9.93. The molecule has 0 amide bonds. The molecule has 0 saturated carbocycles. The largest absolute Gasteiger partial charge is 0.450 e. The first-order chi connectivity index (χ1) is 13.1. The smallest absolute Gasteiger partial charge is 0.327 e. The van der Waals surface area contributed by atoms with E-state index in [4.69, 9.17) is 0 Å². The lowest BCUT2D eigenvalue weighted by Gasteiger charge is -2.26. The molecule has 0 saturated heterocycles. The van der Waals surface area contributed by atoms with Crippen LogP contribution in [0.3, 0.4) is 0 Å². The maximum absolute atomic E-state index is 9.98. The molecule has 0 heterocycles. The molecule has 1 radical (unpaired) electrons. The van der Waals surface area contributed by atoms with E-state index in [-0.39, 0.29) is 10.8 Å². The third kappa shape index (κ3) is 4.39. The van der Waals surface area contributed by atoms with E-state index in [1.807, 2.05) is 18.2 Å². The predicted molar refractivity (Wildman–Crippen MR) is 122 cm³/mol. The van der Waals surface area contributed by atoms with E-state index >= 15 is 0 Å². The normalized spacial score (nSPS) is 12.1.